The van der Waals surface area contributed by atoms with Gasteiger partial charge in [0.2, 0.25) is 0 Å². The molecule has 0 spiro atoms. The fraction of sp³-hybridized carbons (Fsp3) is 0.0625. The number of hydrogen-bond acceptors (Lipinski definition) is 4. The van der Waals surface area contributed by atoms with Crippen LogP contribution in [0.25, 0.3) is 10.2 Å². The number of nitrogens with one attached hydrogen (secondary N) is 2. The summed E-state index contributed by atoms with van der Waals surface area (Å²) in [5, 5.41) is 3.88. The molecule has 1 aromatic heterocycles. The second kappa shape index (κ2) is 7.12. The van der Waals surface area contributed by atoms with Crippen LogP contribution in [0.3, 0.4) is 0 Å². The number of halogens is 5. The van der Waals surface area contributed by atoms with Crippen molar-refractivity contribution >= 4 is 50.2 Å². The minimum atomic E-state index is -4.51. The highest BCUT2D eigenvalue weighted by molar-refractivity contribution is 7.22. The Hall–Kier alpha value is -2.72. The number of nitrogens with zero attached hydrogens (tertiary/aromatic N) is 1. The minimum Gasteiger partial charge on any atom is -0.283 e. The number of thiazole rings is 1. The predicted molar refractivity (Wildman–Crippen MR) is 92.5 cm³/mol. The quantitative estimate of drug-likeness (QED) is 0.572. The van der Waals surface area contributed by atoms with Crippen LogP contribution in [0.2, 0.25) is 5.02 Å². The summed E-state index contributed by atoms with van der Waals surface area (Å²) in [5.74, 6) is -1.98. The third-order valence-corrected chi connectivity index (χ3v) is 4.60. The number of benzene rings is 2. The van der Waals surface area contributed by atoms with Crippen molar-refractivity contribution in [2.24, 2.45) is 0 Å². The number of urea groups is 1. The Kier molecular flexibility index (Phi) is 5.03. The van der Waals surface area contributed by atoms with Gasteiger partial charge >= 0.3 is 12.2 Å². The van der Waals surface area contributed by atoms with E-state index in [4.69, 9.17) is 11.6 Å². The fourth-order valence-corrected chi connectivity index (χ4v) is 3.31. The largest absolute Gasteiger partial charge is 0.416 e. The molecule has 11 heteroatoms. The zero-order valence-electron chi connectivity index (χ0n) is 13.0. The standard InChI is InChI=1S/C16H8ClF4N3O2S/c17-8-2-1-3-9(18)12(8)13(25)23-14(26)24-15-22-10-5-4-7(16(19,20)21)6-11(10)27-15/h1-6H,(H2,22,23,24,25,26). The number of carbonyl (C=O) groups excluding carboxylic acids is 2. The molecule has 0 fully saturated rings. The number of fused-ring (bicyclic) bond motifs is 1. The van der Waals surface area contributed by atoms with E-state index in [0.29, 0.717) is 0 Å². The van der Waals surface area contributed by atoms with Crippen LogP contribution >= 0.6 is 22.9 Å². The molecule has 0 saturated heterocycles. The molecule has 140 valence electrons. The third kappa shape index (κ3) is 4.17. The summed E-state index contributed by atoms with van der Waals surface area (Å²) in [7, 11) is 0. The van der Waals surface area contributed by atoms with Crippen LogP contribution in [0.4, 0.5) is 27.5 Å². The summed E-state index contributed by atoms with van der Waals surface area (Å²) >= 11 is 6.53. The number of imide groups is 1. The van der Waals surface area contributed by atoms with E-state index in [1.807, 2.05) is 5.32 Å². The molecule has 3 aromatic rings. The van der Waals surface area contributed by atoms with Crippen molar-refractivity contribution < 1.29 is 27.2 Å². The summed E-state index contributed by atoms with van der Waals surface area (Å²) in [6, 6.07) is 5.49. The lowest BCUT2D eigenvalue weighted by atomic mass is 10.2. The fourth-order valence-electron chi connectivity index (χ4n) is 2.16. The van der Waals surface area contributed by atoms with Gasteiger partial charge in [0.25, 0.3) is 5.91 Å². The van der Waals surface area contributed by atoms with Crippen LogP contribution in [0.15, 0.2) is 36.4 Å². The van der Waals surface area contributed by atoms with E-state index in [1.54, 1.807) is 0 Å². The molecule has 0 bridgehead atoms. The molecule has 0 atom stereocenters. The molecule has 5 nitrogen and oxygen atoms in total. The highest BCUT2D eigenvalue weighted by Gasteiger charge is 2.30. The highest BCUT2D eigenvalue weighted by atomic mass is 35.5. The van der Waals surface area contributed by atoms with Crippen molar-refractivity contribution in [3.8, 4) is 0 Å². The summed E-state index contributed by atoms with van der Waals surface area (Å²) in [6.07, 6.45) is -4.51. The Morgan fingerprint density at radius 3 is 2.56 bits per heavy atom. The number of rotatable bonds is 2. The van der Waals surface area contributed by atoms with Crippen LogP contribution in [0, 0.1) is 5.82 Å². The minimum absolute atomic E-state index is 0.0331. The number of amides is 3. The molecule has 0 saturated carbocycles. The third-order valence-electron chi connectivity index (χ3n) is 3.35. The average molecular weight is 418 g/mol. The van der Waals surface area contributed by atoms with E-state index in [9.17, 15) is 27.2 Å². The monoisotopic (exact) mass is 417 g/mol. The first kappa shape index (κ1) is 19.1. The number of carbonyl (C=O) groups is 2. The first-order valence-electron chi connectivity index (χ1n) is 7.19. The van der Waals surface area contributed by atoms with Crippen LogP contribution in [0.5, 0.6) is 0 Å². The number of alkyl halides is 3. The van der Waals surface area contributed by atoms with Crippen LogP contribution in [0.1, 0.15) is 15.9 Å². The van der Waals surface area contributed by atoms with Gasteiger partial charge in [-0.2, -0.15) is 13.2 Å². The summed E-state index contributed by atoms with van der Waals surface area (Å²) in [6.45, 7) is 0. The maximum Gasteiger partial charge on any atom is 0.416 e. The van der Waals surface area contributed by atoms with Gasteiger partial charge < -0.3 is 0 Å². The van der Waals surface area contributed by atoms with Crippen LogP contribution < -0.4 is 10.6 Å². The second-order valence-corrected chi connectivity index (χ2v) is 6.64. The van der Waals surface area contributed by atoms with E-state index in [0.717, 1.165) is 29.5 Å². The van der Waals surface area contributed by atoms with Crippen molar-refractivity contribution in [3.05, 3.63) is 58.4 Å². The number of aromatic nitrogens is 1. The molecule has 3 amide bonds. The van der Waals surface area contributed by atoms with Gasteiger partial charge in [-0.1, -0.05) is 29.0 Å². The highest BCUT2D eigenvalue weighted by Crippen LogP contribution is 2.34. The Balaban J connectivity index is 1.75. The Morgan fingerprint density at radius 2 is 1.89 bits per heavy atom. The van der Waals surface area contributed by atoms with Gasteiger partial charge in [-0.15, -0.1) is 0 Å². The van der Waals surface area contributed by atoms with Crippen molar-refractivity contribution in [3.63, 3.8) is 0 Å². The molecule has 2 N–H and O–H groups in total. The molecule has 0 unspecified atom stereocenters. The van der Waals surface area contributed by atoms with Crippen molar-refractivity contribution in [2.45, 2.75) is 6.18 Å². The van der Waals surface area contributed by atoms with Gasteiger partial charge in [-0.05, 0) is 30.3 Å². The predicted octanol–water partition coefficient (Wildman–Crippen LogP) is 5.07. The maximum atomic E-state index is 13.7. The smallest absolute Gasteiger partial charge is 0.283 e. The molecular weight excluding hydrogens is 410 g/mol. The van der Waals surface area contributed by atoms with Gasteiger partial charge in [0.1, 0.15) is 5.82 Å². The zero-order chi connectivity index (χ0) is 19.8. The Labute approximate surface area is 158 Å². The van der Waals surface area contributed by atoms with Crippen molar-refractivity contribution in [1.29, 1.82) is 0 Å². The van der Waals surface area contributed by atoms with Crippen molar-refractivity contribution in [2.75, 3.05) is 5.32 Å². The lowest BCUT2D eigenvalue weighted by Crippen LogP contribution is -2.35. The summed E-state index contributed by atoms with van der Waals surface area (Å²) in [4.78, 5) is 27.8. The van der Waals surface area contributed by atoms with Crippen molar-refractivity contribution in [1.82, 2.24) is 10.3 Å². The molecule has 1 heterocycles. The first-order valence-corrected chi connectivity index (χ1v) is 8.39. The first-order chi connectivity index (χ1) is 12.6. The van der Waals surface area contributed by atoms with Gasteiger partial charge in [-0.3, -0.25) is 15.4 Å². The van der Waals surface area contributed by atoms with Crippen LogP contribution in [-0.4, -0.2) is 16.9 Å². The van der Waals surface area contributed by atoms with E-state index in [1.165, 1.54) is 18.2 Å². The van der Waals surface area contributed by atoms with Gasteiger partial charge in [0, 0.05) is 0 Å². The molecule has 3 rings (SSSR count). The van der Waals surface area contributed by atoms with E-state index >= 15 is 0 Å². The molecule has 0 aliphatic carbocycles. The summed E-state index contributed by atoms with van der Waals surface area (Å²) < 4.78 is 52.1. The molecular formula is C16H8ClF4N3O2S. The SMILES string of the molecule is O=C(NC(=O)c1c(F)cccc1Cl)Nc1nc2ccc(C(F)(F)F)cc2s1. The van der Waals surface area contributed by atoms with E-state index in [2.05, 4.69) is 10.3 Å². The molecule has 0 aliphatic heterocycles. The maximum absolute atomic E-state index is 13.7. The molecule has 27 heavy (non-hydrogen) atoms. The number of hydrogen-bond donors (Lipinski definition) is 2. The van der Waals surface area contributed by atoms with Gasteiger partial charge in [0.05, 0.1) is 26.4 Å². The van der Waals surface area contributed by atoms with Gasteiger partial charge in [-0.25, -0.2) is 14.2 Å². The normalized spacial score (nSPS) is 11.4. The van der Waals surface area contributed by atoms with Crippen LogP contribution in [-0.2, 0) is 6.18 Å². The van der Waals surface area contributed by atoms with E-state index in [-0.39, 0.29) is 20.4 Å². The number of anilines is 1. The molecule has 0 radical (unpaired) electrons. The van der Waals surface area contributed by atoms with Gasteiger partial charge in [0.15, 0.2) is 5.13 Å². The zero-order valence-corrected chi connectivity index (χ0v) is 14.6. The molecule has 0 aliphatic rings. The average Bonchev–Trinajstić information content (AvgIpc) is 2.94. The Morgan fingerprint density at radius 1 is 1.15 bits per heavy atom. The summed E-state index contributed by atoms with van der Waals surface area (Å²) in [5.41, 5.74) is -1.11. The molecule has 2 aromatic carbocycles. The lowest BCUT2D eigenvalue weighted by Gasteiger charge is -2.06. The topological polar surface area (TPSA) is 71.1 Å². The lowest BCUT2D eigenvalue weighted by molar-refractivity contribution is -0.137. The van der Waals surface area contributed by atoms with E-state index < -0.39 is 35.1 Å². The second-order valence-electron chi connectivity index (χ2n) is 5.20. The Bertz CT molecular complexity index is 1030.